The van der Waals surface area contributed by atoms with Gasteiger partial charge < -0.3 is 10.6 Å². The number of nitrogens with one attached hydrogen (secondary N) is 2. The van der Waals surface area contributed by atoms with Gasteiger partial charge in [0.25, 0.3) is 5.91 Å². The van der Waals surface area contributed by atoms with Gasteiger partial charge in [0, 0.05) is 10.7 Å². The molecule has 0 spiro atoms. The lowest BCUT2D eigenvalue weighted by atomic mass is 10.0. The molecule has 0 aliphatic heterocycles. The molecule has 2 N–H and O–H groups in total. The van der Waals surface area contributed by atoms with Gasteiger partial charge in [-0.05, 0) is 35.6 Å². The number of carbonyl (C=O) groups excluding carboxylic acids is 2. The summed E-state index contributed by atoms with van der Waals surface area (Å²) in [6, 6.07) is 9.82. The Labute approximate surface area is 138 Å². The molecular formula is C16H17ClN2O2S. The molecule has 0 aliphatic carbocycles. The molecule has 1 aromatic carbocycles. The van der Waals surface area contributed by atoms with Crippen molar-refractivity contribution in [2.75, 3.05) is 5.32 Å². The number of hydrogen-bond donors (Lipinski definition) is 2. The van der Waals surface area contributed by atoms with Crippen LogP contribution in [0.1, 0.15) is 23.5 Å². The van der Waals surface area contributed by atoms with Gasteiger partial charge in [0.1, 0.15) is 6.04 Å². The zero-order valence-corrected chi connectivity index (χ0v) is 13.9. The zero-order valence-electron chi connectivity index (χ0n) is 12.3. The van der Waals surface area contributed by atoms with Gasteiger partial charge in [-0.2, -0.15) is 0 Å². The Morgan fingerprint density at radius 2 is 1.95 bits per heavy atom. The molecule has 6 heteroatoms. The highest BCUT2D eigenvalue weighted by Gasteiger charge is 2.25. The van der Waals surface area contributed by atoms with Gasteiger partial charge >= 0.3 is 0 Å². The van der Waals surface area contributed by atoms with E-state index in [2.05, 4.69) is 10.6 Å². The van der Waals surface area contributed by atoms with Gasteiger partial charge in [0.05, 0.1) is 4.88 Å². The molecule has 4 nitrogen and oxygen atoms in total. The Kier molecular flexibility index (Phi) is 5.57. The van der Waals surface area contributed by atoms with E-state index in [0.29, 0.717) is 15.6 Å². The Hall–Kier alpha value is -1.85. The smallest absolute Gasteiger partial charge is 0.262 e. The fourth-order valence-electron chi connectivity index (χ4n) is 1.94. The Balaban J connectivity index is 2.07. The van der Waals surface area contributed by atoms with Crippen LogP contribution in [0.5, 0.6) is 0 Å². The van der Waals surface area contributed by atoms with Crippen molar-refractivity contribution in [2.45, 2.75) is 19.9 Å². The van der Waals surface area contributed by atoms with E-state index >= 15 is 0 Å². The van der Waals surface area contributed by atoms with Gasteiger partial charge in [0.2, 0.25) is 5.91 Å². The van der Waals surface area contributed by atoms with Crippen LogP contribution in [-0.4, -0.2) is 17.9 Å². The van der Waals surface area contributed by atoms with E-state index in [9.17, 15) is 9.59 Å². The van der Waals surface area contributed by atoms with Crippen molar-refractivity contribution in [1.29, 1.82) is 0 Å². The van der Waals surface area contributed by atoms with Crippen molar-refractivity contribution in [3.63, 3.8) is 0 Å². The van der Waals surface area contributed by atoms with E-state index in [0.717, 1.165) is 0 Å². The normalized spacial score (nSPS) is 12.0. The standard InChI is InChI=1S/C16H17ClN2O2S/c1-10(2)14(19-15(20)13-7-4-8-22-13)16(21)18-12-6-3-5-11(17)9-12/h3-10,14H,1-2H3,(H,18,21)(H,19,20)/t14-/m0/s1. The first kappa shape index (κ1) is 16.5. The summed E-state index contributed by atoms with van der Waals surface area (Å²) in [5, 5.41) is 7.93. The lowest BCUT2D eigenvalue weighted by molar-refractivity contribution is -0.118. The first-order chi connectivity index (χ1) is 10.5. The van der Waals surface area contributed by atoms with Crippen LogP contribution < -0.4 is 10.6 Å². The van der Waals surface area contributed by atoms with Crippen molar-refractivity contribution in [1.82, 2.24) is 5.32 Å². The molecule has 0 unspecified atom stereocenters. The molecule has 0 fully saturated rings. The summed E-state index contributed by atoms with van der Waals surface area (Å²) in [7, 11) is 0. The molecule has 22 heavy (non-hydrogen) atoms. The maximum absolute atomic E-state index is 12.4. The minimum atomic E-state index is -0.617. The summed E-state index contributed by atoms with van der Waals surface area (Å²) in [4.78, 5) is 25.1. The van der Waals surface area contributed by atoms with Gasteiger partial charge in [0.15, 0.2) is 0 Å². The van der Waals surface area contributed by atoms with Crippen LogP contribution in [0.25, 0.3) is 0 Å². The van der Waals surface area contributed by atoms with Crippen LogP contribution in [0.2, 0.25) is 5.02 Å². The molecule has 1 heterocycles. The molecular weight excluding hydrogens is 320 g/mol. The second-order valence-corrected chi connectivity index (χ2v) is 6.56. The third-order valence-electron chi connectivity index (χ3n) is 3.07. The molecule has 116 valence electrons. The summed E-state index contributed by atoms with van der Waals surface area (Å²) in [6.07, 6.45) is 0. The molecule has 0 saturated carbocycles. The summed E-state index contributed by atoms with van der Waals surface area (Å²) in [5.41, 5.74) is 0.605. The first-order valence-corrected chi connectivity index (χ1v) is 8.14. The highest BCUT2D eigenvalue weighted by Crippen LogP contribution is 2.16. The molecule has 2 amide bonds. The van der Waals surface area contributed by atoms with E-state index in [1.807, 2.05) is 19.2 Å². The number of halogens is 1. The summed E-state index contributed by atoms with van der Waals surface area (Å²) >= 11 is 7.24. The van der Waals surface area contributed by atoms with Crippen LogP contribution in [0, 0.1) is 5.92 Å². The topological polar surface area (TPSA) is 58.2 Å². The number of carbonyl (C=O) groups is 2. The quantitative estimate of drug-likeness (QED) is 0.872. The van der Waals surface area contributed by atoms with E-state index in [1.54, 1.807) is 36.4 Å². The monoisotopic (exact) mass is 336 g/mol. The third-order valence-corrected chi connectivity index (χ3v) is 4.18. The second-order valence-electron chi connectivity index (χ2n) is 5.17. The van der Waals surface area contributed by atoms with Crippen LogP contribution in [0.4, 0.5) is 5.69 Å². The lowest BCUT2D eigenvalue weighted by Gasteiger charge is -2.21. The number of hydrogen-bond acceptors (Lipinski definition) is 3. The second kappa shape index (κ2) is 7.42. The minimum absolute atomic E-state index is 0.0388. The summed E-state index contributed by atoms with van der Waals surface area (Å²) in [5.74, 6) is -0.541. The van der Waals surface area contributed by atoms with Crippen LogP contribution in [-0.2, 0) is 4.79 Å². The molecule has 0 radical (unpaired) electrons. The highest BCUT2D eigenvalue weighted by atomic mass is 35.5. The van der Waals surface area contributed by atoms with Crippen molar-refractivity contribution in [3.05, 3.63) is 51.7 Å². The molecule has 0 aliphatic rings. The third kappa shape index (κ3) is 4.32. The average Bonchev–Trinajstić information content (AvgIpc) is 2.98. The number of rotatable bonds is 5. The maximum Gasteiger partial charge on any atom is 0.262 e. The molecule has 2 rings (SSSR count). The Morgan fingerprint density at radius 3 is 2.55 bits per heavy atom. The lowest BCUT2D eigenvalue weighted by Crippen LogP contribution is -2.46. The minimum Gasteiger partial charge on any atom is -0.339 e. The van der Waals surface area contributed by atoms with Gasteiger partial charge in [-0.3, -0.25) is 9.59 Å². The summed E-state index contributed by atoms with van der Waals surface area (Å²) in [6.45, 7) is 3.77. The van der Waals surface area contributed by atoms with Crippen molar-refractivity contribution < 1.29 is 9.59 Å². The molecule has 0 bridgehead atoms. The predicted octanol–water partition coefficient (Wildman–Crippen LogP) is 3.79. The fraction of sp³-hybridized carbons (Fsp3) is 0.250. The maximum atomic E-state index is 12.4. The highest BCUT2D eigenvalue weighted by molar-refractivity contribution is 7.12. The van der Waals surface area contributed by atoms with Gasteiger partial charge in [-0.15, -0.1) is 11.3 Å². The van der Waals surface area contributed by atoms with Crippen LogP contribution in [0.15, 0.2) is 41.8 Å². The van der Waals surface area contributed by atoms with Crippen molar-refractivity contribution in [2.24, 2.45) is 5.92 Å². The summed E-state index contributed by atoms with van der Waals surface area (Å²) < 4.78 is 0. The van der Waals surface area contributed by atoms with E-state index in [4.69, 9.17) is 11.6 Å². The number of anilines is 1. The SMILES string of the molecule is CC(C)[C@H](NC(=O)c1cccs1)C(=O)Nc1cccc(Cl)c1. The average molecular weight is 337 g/mol. The zero-order chi connectivity index (χ0) is 16.1. The number of thiophene rings is 1. The molecule has 2 aromatic rings. The molecule has 0 saturated heterocycles. The van der Waals surface area contributed by atoms with Crippen molar-refractivity contribution in [3.8, 4) is 0 Å². The Bertz CT molecular complexity index is 656. The fourth-order valence-corrected chi connectivity index (χ4v) is 2.76. The Morgan fingerprint density at radius 1 is 1.18 bits per heavy atom. The largest absolute Gasteiger partial charge is 0.339 e. The van der Waals surface area contributed by atoms with Gasteiger partial charge in [-0.25, -0.2) is 0 Å². The first-order valence-electron chi connectivity index (χ1n) is 6.88. The molecule has 1 aromatic heterocycles. The van der Waals surface area contributed by atoms with Gasteiger partial charge in [-0.1, -0.05) is 37.6 Å². The van der Waals surface area contributed by atoms with E-state index < -0.39 is 6.04 Å². The van der Waals surface area contributed by atoms with E-state index in [-0.39, 0.29) is 17.7 Å². The van der Waals surface area contributed by atoms with Crippen LogP contribution in [0.3, 0.4) is 0 Å². The van der Waals surface area contributed by atoms with Crippen molar-refractivity contribution >= 4 is 40.4 Å². The van der Waals surface area contributed by atoms with E-state index in [1.165, 1.54) is 11.3 Å². The predicted molar refractivity (Wildman–Crippen MR) is 90.5 cm³/mol. The molecule has 1 atom stereocenters. The number of benzene rings is 1. The van der Waals surface area contributed by atoms with Crippen LogP contribution >= 0.6 is 22.9 Å². The number of amides is 2.